The van der Waals surface area contributed by atoms with E-state index in [2.05, 4.69) is 4.74 Å². The Labute approximate surface area is 131 Å². The maximum atomic E-state index is 13.9. The molecule has 0 aliphatic heterocycles. The van der Waals surface area contributed by atoms with E-state index in [9.17, 15) is 35.5 Å². The SMILES string of the molecule is CC1(C)C(C=C(F)F)C1C(=O)OC(F)(F)c1ccc(F)c(F)c1F. The number of hydrogen-bond donors (Lipinski definition) is 0. The minimum atomic E-state index is -4.59. The lowest BCUT2D eigenvalue weighted by atomic mass is 10.1. The summed E-state index contributed by atoms with van der Waals surface area (Å²) in [5.41, 5.74) is -2.72. The summed E-state index contributed by atoms with van der Waals surface area (Å²) in [6.07, 6.45) is -6.22. The van der Waals surface area contributed by atoms with E-state index >= 15 is 0 Å². The number of allylic oxidation sites excluding steroid dienone is 1. The van der Waals surface area contributed by atoms with Crippen molar-refractivity contribution in [1.82, 2.24) is 0 Å². The minimum absolute atomic E-state index is 0.234. The van der Waals surface area contributed by atoms with Crippen molar-refractivity contribution in [2.75, 3.05) is 0 Å². The Hall–Kier alpha value is -2.06. The van der Waals surface area contributed by atoms with Crippen molar-refractivity contribution in [3.63, 3.8) is 0 Å². The molecule has 1 saturated carbocycles. The first-order valence-electron chi connectivity index (χ1n) is 6.67. The third-order valence-electron chi connectivity index (χ3n) is 4.05. The lowest BCUT2D eigenvalue weighted by molar-refractivity contribution is -0.243. The summed E-state index contributed by atoms with van der Waals surface area (Å²) in [4.78, 5) is 11.8. The Kier molecular flexibility index (Phi) is 4.41. The van der Waals surface area contributed by atoms with E-state index in [1.54, 1.807) is 0 Å². The zero-order valence-corrected chi connectivity index (χ0v) is 12.3. The smallest absolute Gasteiger partial charge is 0.397 e. The van der Waals surface area contributed by atoms with Crippen LogP contribution in [0.3, 0.4) is 0 Å². The Morgan fingerprint density at radius 1 is 1.17 bits per heavy atom. The van der Waals surface area contributed by atoms with Crippen molar-refractivity contribution >= 4 is 5.97 Å². The molecule has 9 heteroatoms. The number of ether oxygens (including phenoxy) is 1. The fraction of sp³-hybridized carbons (Fsp3) is 0.400. The van der Waals surface area contributed by atoms with Crippen LogP contribution in [0.15, 0.2) is 24.3 Å². The van der Waals surface area contributed by atoms with Gasteiger partial charge in [0.05, 0.1) is 5.92 Å². The number of carbonyl (C=O) groups is 1. The number of alkyl halides is 2. The van der Waals surface area contributed by atoms with Gasteiger partial charge in [-0.1, -0.05) is 13.8 Å². The number of rotatable bonds is 4. The highest BCUT2D eigenvalue weighted by Crippen LogP contribution is 2.60. The van der Waals surface area contributed by atoms with Gasteiger partial charge in [-0.3, -0.25) is 4.79 Å². The predicted molar refractivity (Wildman–Crippen MR) is 67.4 cm³/mol. The van der Waals surface area contributed by atoms with E-state index in [1.165, 1.54) is 13.8 Å². The molecule has 1 aliphatic carbocycles. The first kappa shape index (κ1) is 18.3. The van der Waals surface area contributed by atoms with Crippen molar-refractivity contribution in [1.29, 1.82) is 0 Å². The maximum Gasteiger partial charge on any atom is 0.431 e. The molecular formula is C15H11F7O2. The van der Waals surface area contributed by atoms with E-state index in [0.717, 1.165) is 0 Å². The Balaban J connectivity index is 2.23. The molecule has 0 spiro atoms. The maximum absolute atomic E-state index is 13.9. The number of halogens is 7. The molecule has 1 aromatic carbocycles. The van der Waals surface area contributed by atoms with Crippen LogP contribution in [-0.4, -0.2) is 5.97 Å². The number of benzene rings is 1. The highest BCUT2D eigenvalue weighted by molar-refractivity contribution is 5.78. The van der Waals surface area contributed by atoms with Crippen molar-refractivity contribution in [2.45, 2.75) is 20.0 Å². The zero-order chi connectivity index (χ0) is 18.4. The molecule has 0 saturated heterocycles. The molecule has 0 radical (unpaired) electrons. The van der Waals surface area contributed by atoms with Gasteiger partial charge in [0.1, 0.15) is 5.56 Å². The van der Waals surface area contributed by atoms with Crippen LogP contribution in [0.1, 0.15) is 19.4 Å². The van der Waals surface area contributed by atoms with Gasteiger partial charge in [-0.25, -0.2) is 13.2 Å². The molecule has 1 aliphatic rings. The van der Waals surface area contributed by atoms with Crippen LogP contribution in [0.2, 0.25) is 0 Å². The average molecular weight is 356 g/mol. The molecule has 0 heterocycles. The van der Waals surface area contributed by atoms with E-state index in [1.807, 2.05) is 0 Å². The van der Waals surface area contributed by atoms with Gasteiger partial charge in [-0.2, -0.15) is 17.6 Å². The summed E-state index contributed by atoms with van der Waals surface area (Å²) in [5.74, 6) is -9.90. The molecule has 2 nitrogen and oxygen atoms in total. The number of carbonyl (C=O) groups excluding carboxylic acids is 1. The second-order valence-corrected chi connectivity index (χ2v) is 5.94. The van der Waals surface area contributed by atoms with E-state index < -0.39 is 58.4 Å². The molecular weight excluding hydrogens is 345 g/mol. The van der Waals surface area contributed by atoms with Gasteiger partial charge in [-0.05, 0) is 23.6 Å². The van der Waals surface area contributed by atoms with E-state index in [4.69, 9.17) is 0 Å². The van der Waals surface area contributed by atoms with Gasteiger partial charge in [0, 0.05) is 5.92 Å². The lowest BCUT2D eigenvalue weighted by Gasteiger charge is -2.18. The topological polar surface area (TPSA) is 26.3 Å². The highest BCUT2D eigenvalue weighted by atomic mass is 19.3. The van der Waals surface area contributed by atoms with Crippen LogP contribution in [0.4, 0.5) is 30.7 Å². The number of esters is 1. The molecule has 2 unspecified atom stereocenters. The lowest BCUT2D eigenvalue weighted by Crippen LogP contribution is -2.26. The summed E-state index contributed by atoms with van der Waals surface area (Å²) in [6, 6.07) is 0.484. The fourth-order valence-corrected chi connectivity index (χ4v) is 2.57. The van der Waals surface area contributed by atoms with Crippen LogP contribution in [0, 0.1) is 34.7 Å². The fourth-order valence-electron chi connectivity index (χ4n) is 2.57. The summed E-state index contributed by atoms with van der Waals surface area (Å²) in [6.45, 7) is 2.78. The molecule has 0 amide bonds. The van der Waals surface area contributed by atoms with Crippen LogP contribution in [0.25, 0.3) is 0 Å². The molecule has 0 N–H and O–H groups in total. The third kappa shape index (κ3) is 3.11. The van der Waals surface area contributed by atoms with Crippen LogP contribution in [-0.2, 0) is 15.6 Å². The second-order valence-electron chi connectivity index (χ2n) is 5.94. The largest absolute Gasteiger partial charge is 0.431 e. The van der Waals surface area contributed by atoms with E-state index in [-0.39, 0.29) is 12.1 Å². The van der Waals surface area contributed by atoms with Crippen molar-refractivity contribution in [3.05, 3.63) is 47.3 Å². The third-order valence-corrected chi connectivity index (χ3v) is 4.05. The predicted octanol–water partition coefficient (Wildman–Crippen LogP) is 4.75. The van der Waals surface area contributed by atoms with E-state index in [0.29, 0.717) is 6.08 Å². The van der Waals surface area contributed by atoms with Gasteiger partial charge in [0.15, 0.2) is 17.5 Å². The molecule has 2 atom stereocenters. The zero-order valence-electron chi connectivity index (χ0n) is 12.3. The van der Waals surface area contributed by atoms with Gasteiger partial charge < -0.3 is 4.74 Å². The first-order chi connectivity index (χ1) is 10.9. The molecule has 2 rings (SSSR count). The van der Waals surface area contributed by atoms with Crippen LogP contribution in [0.5, 0.6) is 0 Å². The normalized spacial score (nSPS) is 22.0. The highest BCUT2D eigenvalue weighted by Gasteiger charge is 2.63. The average Bonchev–Trinajstić information content (AvgIpc) is 2.95. The quantitative estimate of drug-likeness (QED) is 0.442. The second kappa shape index (κ2) is 5.78. The standard InChI is InChI=1S/C15H11F7O2/c1-14(2)7(5-9(17)18)10(14)13(23)24-15(21,22)6-3-4-8(16)12(20)11(6)19/h3-5,7,10H,1-2H3. The minimum Gasteiger partial charge on any atom is -0.397 e. The van der Waals surface area contributed by atoms with Crippen LogP contribution < -0.4 is 0 Å². The summed E-state index contributed by atoms with van der Waals surface area (Å²) in [7, 11) is 0. The van der Waals surface area contributed by atoms with Crippen molar-refractivity contribution < 1.29 is 40.3 Å². The van der Waals surface area contributed by atoms with Gasteiger partial charge in [0.2, 0.25) is 0 Å². The number of hydrogen-bond acceptors (Lipinski definition) is 2. The molecule has 1 fully saturated rings. The summed E-state index contributed by atoms with van der Waals surface area (Å²) < 4.78 is 95.4. The Morgan fingerprint density at radius 2 is 1.75 bits per heavy atom. The first-order valence-corrected chi connectivity index (χ1v) is 6.67. The molecule has 24 heavy (non-hydrogen) atoms. The molecule has 0 aromatic heterocycles. The Bertz CT molecular complexity index is 708. The van der Waals surface area contributed by atoms with Crippen LogP contribution >= 0.6 is 0 Å². The summed E-state index contributed by atoms with van der Waals surface area (Å²) in [5, 5.41) is 0. The monoisotopic (exact) mass is 356 g/mol. The van der Waals surface area contributed by atoms with Crippen molar-refractivity contribution in [2.24, 2.45) is 17.3 Å². The van der Waals surface area contributed by atoms with Gasteiger partial charge in [0.25, 0.3) is 6.08 Å². The molecule has 132 valence electrons. The Morgan fingerprint density at radius 3 is 2.29 bits per heavy atom. The molecule has 1 aromatic rings. The van der Waals surface area contributed by atoms with Gasteiger partial charge in [-0.15, -0.1) is 0 Å². The van der Waals surface area contributed by atoms with Gasteiger partial charge >= 0.3 is 12.1 Å². The molecule has 0 bridgehead atoms. The summed E-state index contributed by atoms with van der Waals surface area (Å²) >= 11 is 0. The van der Waals surface area contributed by atoms with Crippen molar-refractivity contribution in [3.8, 4) is 0 Å².